The van der Waals surface area contributed by atoms with E-state index in [4.69, 9.17) is 16.3 Å². The van der Waals surface area contributed by atoms with Crippen molar-refractivity contribution in [2.75, 3.05) is 20.1 Å². The van der Waals surface area contributed by atoms with E-state index in [9.17, 15) is 17.6 Å². The second-order valence-corrected chi connectivity index (χ2v) is 8.02. The minimum atomic E-state index is -3.97. The third-order valence-electron chi connectivity index (χ3n) is 2.63. The first-order chi connectivity index (χ1) is 10.4. The lowest BCUT2D eigenvalue weighted by Crippen LogP contribution is -2.39. The SMILES string of the molecule is CN(CCNS(=O)(=O)c1cc(F)ccc1Cl)C(=O)OC(C)(C)C. The van der Waals surface area contributed by atoms with Crippen molar-refractivity contribution >= 4 is 27.7 Å². The van der Waals surface area contributed by atoms with Crippen molar-refractivity contribution in [3.63, 3.8) is 0 Å². The number of benzene rings is 1. The highest BCUT2D eigenvalue weighted by atomic mass is 35.5. The summed E-state index contributed by atoms with van der Waals surface area (Å²) < 4.78 is 44.8. The molecule has 0 aliphatic heterocycles. The molecule has 0 saturated heterocycles. The summed E-state index contributed by atoms with van der Waals surface area (Å²) in [6, 6.07) is 3.07. The monoisotopic (exact) mass is 366 g/mol. The Balaban J connectivity index is 2.64. The van der Waals surface area contributed by atoms with Crippen molar-refractivity contribution in [3.8, 4) is 0 Å². The molecule has 1 amide bonds. The van der Waals surface area contributed by atoms with Crippen LogP contribution >= 0.6 is 11.6 Å². The lowest BCUT2D eigenvalue weighted by Gasteiger charge is -2.24. The minimum absolute atomic E-state index is 0.0646. The molecule has 0 atom stereocenters. The molecule has 1 aromatic rings. The predicted molar refractivity (Wildman–Crippen MR) is 85.5 cm³/mol. The summed E-state index contributed by atoms with van der Waals surface area (Å²) in [7, 11) is -2.49. The van der Waals surface area contributed by atoms with Crippen molar-refractivity contribution in [2.45, 2.75) is 31.3 Å². The van der Waals surface area contributed by atoms with Crippen LogP contribution in [0.2, 0.25) is 5.02 Å². The van der Waals surface area contributed by atoms with Crippen LogP contribution in [0.25, 0.3) is 0 Å². The molecule has 0 unspecified atom stereocenters. The molecule has 9 heteroatoms. The molecule has 0 radical (unpaired) electrons. The van der Waals surface area contributed by atoms with E-state index in [1.165, 1.54) is 11.9 Å². The van der Waals surface area contributed by atoms with E-state index in [1.807, 2.05) is 0 Å². The molecular formula is C14H20ClFN2O4S. The number of hydrogen-bond donors (Lipinski definition) is 1. The number of carbonyl (C=O) groups is 1. The highest BCUT2D eigenvalue weighted by Gasteiger charge is 2.21. The van der Waals surface area contributed by atoms with E-state index in [-0.39, 0.29) is 23.0 Å². The number of likely N-dealkylation sites (N-methyl/N-ethyl adjacent to an activating group) is 1. The normalized spacial score (nSPS) is 12.1. The zero-order chi connectivity index (χ0) is 17.8. The smallest absolute Gasteiger partial charge is 0.410 e. The first-order valence-electron chi connectivity index (χ1n) is 6.81. The summed E-state index contributed by atoms with van der Waals surface area (Å²) in [4.78, 5) is 12.6. The van der Waals surface area contributed by atoms with E-state index in [0.717, 1.165) is 18.2 Å². The summed E-state index contributed by atoms with van der Waals surface area (Å²) >= 11 is 5.77. The molecule has 0 saturated carbocycles. The van der Waals surface area contributed by atoms with Gasteiger partial charge in [-0.2, -0.15) is 0 Å². The minimum Gasteiger partial charge on any atom is -0.444 e. The summed E-state index contributed by atoms with van der Waals surface area (Å²) in [5.74, 6) is -0.708. The lowest BCUT2D eigenvalue weighted by molar-refractivity contribution is 0.0302. The van der Waals surface area contributed by atoms with Gasteiger partial charge < -0.3 is 9.64 Å². The number of carbonyl (C=O) groups excluding carboxylic acids is 1. The Labute approximate surface area is 140 Å². The molecule has 0 aliphatic carbocycles. The van der Waals surface area contributed by atoms with Gasteiger partial charge in [-0.1, -0.05) is 11.6 Å². The average molecular weight is 367 g/mol. The summed E-state index contributed by atoms with van der Waals surface area (Å²) in [6.45, 7) is 5.21. The van der Waals surface area contributed by atoms with Crippen LogP contribution < -0.4 is 4.72 Å². The number of nitrogens with one attached hydrogen (secondary N) is 1. The number of hydrogen-bond acceptors (Lipinski definition) is 4. The number of halogens is 2. The Bertz CT molecular complexity index is 674. The van der Waals surface area contributed by atoms with Crippen LogP contribution in [0.3, 0.4) is 0 Å². The molecule has 0 aromatic heterocycles. The van der Waals surface area contributed by atoms with Gasteiger partial charge in [-0.3, -0.25) is 0 Å². The van der Waals surface area contributed by atoms with Gasteiger partial charge in [0, 0.05) is 20.1 Å². The fourth-order valence-corrected chi connectivity index (χ4v) is 3.07. The first-order valence-corrected chi connectivity index (χ1v) is 8.67. The third-order valence-corrected chi connectivity index (χ3v) is 4.57. The summed E-state index contributed by atoms with van der Waals surface area (Å²) in [6.07, 6.45) is -0.569. The number of sulfonamides is 1. The highest BCUT2D eigenvalue weighted by Crippen LogP contribution is 2.21. The molecule has 0 bridgehead atoms. The largest absolute Gasteiger partial charge is 0.444 e. The van der Waals surface area contributed by atoms with E-state index in [1.54, 1.807) is 20.8 Å². The maximum atomic E-state index is 13.2. The van der Waals surface area contributed by atoms with Crippen molar-refractivity contribution in [1.82, 2.24) is 9.62 Å². The maximum absolute atomic E-state index is 13.2. The van der Waals surface area contributed by atoms with Crippen LogP contribution in [0.4, 0.5) is 9.18 Å². The average Bonchev–Trinajstić information content (AvgIpc) is 2.39. The number of ether oxygens (including phenoxy) is 1. The second kappa shape index (κ2) is 7.46. The van der Waals surface area contributed by atoms with E-state index < -0.39 is 27.5 Å². The van der Waals surface area contributed by atoms with Crippen LogP contribution in [0.1, 0.15) is 20.8 Å². The van der Waals surface area contributed by atoms with Crippen molar-refractivity contribution in [2.24, 2.45) is 0 Å². The lowest BCUT2D eigenvalue weighted by atomic mass is 10.2. The topological polar surface area (TPSA) is 75.7 Å². The van der Waals surface area contributed by atoms with Crippen LogP contribution in [-0.2, 0) is 14.8 Å². The van der Waals surface area contributed by atoms with Gasteiger partial charge in [0.25, 0.3) is 0 Å². The molecule has 0 spiro atoms. The van der Waals surface area contributed by atoms with Gasteiger partial charge in [0.2, 0.25) is 10.0 Å². The van der Waals surface area contributed by atoms with E-state index in [2.05, 4.69) is 4.72 Å². The molecule has 0 fully saturated rings. The summed E-state index contributed by atoms with van der Waals surface area (Å²) in [5, 5.41) is -0.0839. The predicted octanol–water partition coefficient (Wildman–Crippen LogP) is 2.62. The first kappa shape index (κ1) is 19.7. The van der Waals surface area contributed by atoms with Gasteiger partial charge in [0.15, 0.2) is 0 Å². The fraction of sp³-hybridized carbons (Fsp3) is 0.500. The van der Waals surface area contributed by atoms with Gasteiger partial charge in [0.05, 0.1) is 5.02 Å². The van der Waals surface area contributed by atoms with Crippen LogP contribution in [0.5, 0.6) is 0 Å². The van der Waals surface area contributed by atoms with Crippen LogP contribution in [0, 0.1) is 5.82 Å². The standard InChI is InChI=1S/C14H20ClFN2O4S/c1-14(2,3)22-13(19)18(4)8-7-17-23(20,21)12-9-10(16)5-6-11(12)15/h5-6,9,17H,7-8H2,1-4H3. The molecule has 6 nitrogen and oxygen atoms in total. The molecular weight excluding hydrogens is 347 g/mol. The fourth-order valence-electron chi connectivity index (χ4n) is 1.54. The zero-order valence-electron chi connectivity index (χ0n) is 13.4. The van der Waals surface area contributed by atoms with E-state index >= 15 is 0 Å². The van der Waals surface area contributed by atoms with Crippen LogP contribution in [0.15, 0.2) is 23.1 Å². The van der Waals surface area contributed by atoms with Gasteiger partial charge in [-0.25, -0.2) is 22.3 Å². The van der Waals surface area contributed by atoms with Gasteiger partial charge >= 0.3 is 6.09 Å². The summed E-state index contributed by atoms with van der Waals surface area (Å²) in [5.41, 5.74) is -0.639. The Morgan fingerprint density at radius 3 is 2.57 bits per heavy atom. The van der Waals surface area contributed by atoms with Crippen LogP contribution in [-0.4, -0.2) is 45.1 Å². The number of nitrogens with zero attached hydrogens (tertiary/aromatic N) is 1. The molecule has 1 aromatic carbocycles. The molecule has 1 rings (SSSR count). The second-order valence-electron chi connectivity index (χ2n) is 5.87. The maximum Gasteiger partial charge on any atom is 0.410 e. The van der Waals surface area contributed by atoms with Crippen molar-refractivity contribution < 1.29 is 22.3 Å². The molecule has 0 heterocycles. The molecule has 0 aliphatic rings. The van der Waals surface area contributed by atoms with Gasteiger partial charge in [-0.05, 0) is 39.0 Å². The molecule has 130 valence electrons. The molecule has 1 N–H and O–H groups in total. The van der Waals surface area contributed by atoms with Gasteiger partial charge in [-0.15, -0.1) is 0 Å². The third kappa shape index (κ3) is 6.32. The quantitative estimate of drug-likeness (QED) is 0.869. The molecule has 23 heavy (non-hydrogen) atoms. The zero-order valence-corrected chi connectivity index (χ0v) is 15.0. The van der Waals surface area contributed by atoms with Crippen molar-refractivity contribution in [1.29, 1.82) is 0 Å². The van der Waals surface area contributed by atoms with Gasteiger partial charge in [0.1, 0.15) is 16.3 Å². The number of rotatable bonds is 5. The number of amides is 1. The Morgan fingerprint density at radius 1 is 1.39 bits per heavy atom. The Kier molecular flexibility index (Phi) is 6.38. The Hall–Kier alpha value is -1.38. The van der Waals surface area contributed by atoms with E-state index in [0.29, 0.717) is 0 Å². The highest BCUT2D eigenvalue weighted by molar-refractivity contribution is 7.89. The van der Waals surface area contributed by atoms with Crippen molar-refractivity contribution in [3.05, 3.63) is 29.0 Å². The Morgan fingerprint density at radius 2 is 2.00 bits per heavy atom.